The molecular formula is C19H19ClF2N6O. The number of hydrogen-bond acceptors (Lipinski definition) is 5. The smallest absolute Gasteiger partial charge is 0.242 e. The molecule has 3 aromatic heterocycles. The fourth-order valence-corrected chi connectivity index (χ4v) is 3.64. The fourth-order valence-electron chi connectivity index (χ4n) is 3.49. The number of aromatic nitrogens is 4. The molecule has 0 bridgehead atoms. The van der Waals surface area contributed by atoms with E-state index in [1.54, 1.807) is 12.3 Å². The number of carbonyl (C=O) groups excluding carboxylic acids is 1. The van der Waals surface area contributed by atoms with Gasteiger partial charge in [0.15, 0.2) is 17.5 Å². The van der Waals surface area contributed by atoms with Gasteiger partial charge in [0, 0.05) is 36.3 Å². The van der Waals surface area contributed by atoms with Crippen LogP contribution in [0.1, 0.15) is 19.8 Å². The summed E-state index contributed by atoms with van der Waals surface area (Å²) in [5.74, 6) is -0.926. The number of nitrogens with one attached hydrogen (secondary N) is 2. The number of halogens is 3. The normalized spacial score (nSPS) is 19.1. The summed E-state index contributed by atoms with van der Waals surface area (Å²) < 4.78 is 28.7. The summed E-state index contributed by atoms with van der Waals surface area (Å²) in [6.07, 6.45) is 3.68. The molecule has 0 saturated carbocycles. The van der Waals surface area contributed by atoms with Crippen LogP contribution in [0.3, 0.4) is 0 Å². The number of aromatic amines is 1. The Balaban J connectivity index is 1.72. The van der Waals surface area contributed by atoms with E-state index >= 15 is 0 Å². The van der Waals surface area contributed by atoms with E-state index in [0.29, 0.717) is 28.2 Å². The van der Waals surface area contributed by atoms with E-state index in [9.17, 15) is 13.6 Å². The minimum Gasteiger partial charge on any atom is -0.354 e. The highest BCUT2D eigenvalue weighted by molar-refractivity contribution is 6.31. The molecule has 2 N–H and O–H groups in total. The quantitative estimate of drug-likeness (QED) is 0.661. The van der Waals surface area contributed by atoms with Crippen LogP contribution in [0.4, 0.5) is 14.6 Å². The van der Waals surface area contributed by atoms with Crippen molar-refractivity contribution in [3.8, 4) is 11.4 Å². The highest BCUT2D eigenvalue weighted by Crippen LogP contribution is 2.32. The molecule has 1 fully saturated rings. The maximum absolute atomic E-state index is 14.6. The number of alkyl halides is 1. The molecule has 4 rings (SSSR count). The van der Waals surface area contributed by atoms with Gasteiger partial charge in [-0.05, 0) is 12.5 Å². The predicted molar refractivity (Wildman–Crippen MR) is 106 cm³/mol. The molecule has 10 heteroatoms. The summed E-state index contributed by atoms with van der Waals surface area (Å²) in [7, 11) is 0. The average Bonchev–Trinajstić information content (AvgIpc) is 3.30. The van der Waals surface area contributed by atoms with Gasteiger partial charge in [0.25, 0.3) is 0 Å². The van der Waals surface area contributed by atoms with Gasteiger partial charge in [-0.2, -0.15) is 0 Å². The Hall–Kier alpha value is -2.81. The minimum atomic E-state index is -1.25. The first-order valence-electron chi connectivity index (χ1n) is 9.32. The van der Waals surface area contributed by atoms with Crippen LogP contribution in [0.5, 0.6) is 0 Å². The van der Waals surface area contributed by atoms with Crippen molar-refractivity contribution in [1.29, 1.82) is 0 Å². The number of nitrogens with zero attached hydrogens (tertiary/aromatic N) is 4. The molecule has 1 saturated heterocycles. The maximum Gasteiger partial charge on any atom is 0.242 e. The first-order valence-corrected chi connectivity index (χ1v) is 9.69. The van der Waals surface area contributed by atoms with Crippen LogP contribution < -0.4 is 10.2 Å². The van der Waals surface area contributed by atoms with Crippen molar-refractivity contribution in [3.05, 3.63) is 35.5 Å². The number of pyridine rings is 1. The Kier molecular flexibility index (Phi) is 5.31. The molecule has 0 radical (unpaired) electrons. The Labute approximate surface area is 170 Å². The zero-order chi connectivity index (χ0) is 20.5. The standard InChI is InChI=1S/C19H19ClF2N6O/c1-2-3-23-19(29)15-5-11(21)9-28(15)18-14(22)8-26-17(27-18)13-7-25-16-12(13)4-10(20)6-24-16/h4,6-8,11,15H,2-3,5,9H2,1H3,(H,23,29)(H,24,25)/t11-,15+/m0/s1. The second-order valence-corrected chi connectivity index (χ2v) is 7.35. The lowest BCUT2D eigenvalue weighted by atomic mass is 10.2. The Morgan fingerprint density at radius 3 is 3.03 bits per heavy atom. The Bertz CT molecular complexity index is 1060. The SMILES string of the molecule is CCCNC(=O)[C@H]1C[C@H](F)CN1c1nc(-c2c[nH]c3ncc(Cl)cc23)ncc1F. The number of rotatable bonds is 5. The molecule has 7 nitrogen and oxygen atoms in total. The number of H-pyrrole nitrogens is 1. The van der Waals surface area contributed by atoms with Gasteiger partial charge >= 0.3 is 0 Å². The predicted octanol–water partition coefficient (Wildman–Crippen LogP) is 3.26. The van der Waals surface area contributed by atoms with Crippen LogP contribution in [0.2, 0.25) is 5.02 Å². The molecule has 3 aromatic rings. The highest BCUT2D eigenvalue weighted by Gasteiger charge is 2.39. The van der Waals surface area contributed by atoms with Crippen molar-refractivity contribution < 1.29 is 13.6 Å². The van der Waals surface area contributed by atoms with Crippen molar-refractivity contribution in [2.45, 2.75) is 32.0 Å². The van der Waals surface area contributed by atoms with Gasteiger partial charge in [0.2, 0.25) is 5.91 Å². The summed E-state index contributed by atoms with van der Waals surface area (Å²) in [6.45, 7) is 2.28. The summed E-state index contributed by atoms with van der Waals surface area (Å²) in [4.78, 5) is 29.4. The van der Waals surface area contributed by atoms with E-state index in [2.05, 4.69) is 25.3 Å². The molecule has 0 aliphatic carbocycles. The zero-order valence-electron chi connectivity index (χ0n) is 15.6. The van der Waals surface area contributed by atoms with Crippen molar-refractivity contribution in [3.63, 3.8) is 0 Å². The monoisotopic (exact) mass is 420 g/mol. The lowest BCUT2D eigenvalue weighted by Gasteiger charge is -2.25. The first-order chi connectivity index (χ1) is 14.0. The van der Waals surface area contributed by atoms with Gasteiger partial charge in [0.05, 0.1) is 17.8 Å². The average molecular weight is 421 g/mol. The van der Waals surface area contributed by atoms with Crippen LogP contribution in [-0.4, -0.2) is 51.1 Å². The van der Waals surface area contributed by atoms with Gasteiger partial charge in [-0.1, -0.05) is 18.5 Å². The van der Waals surface area contributed by atoms with Crippen LogP contribution in [0.25, 0.3) is 22.4 Å². The van der Waals surface area contributed by atoms with E-state index in [1.807, 2.05) is 6.92 Å². The first kappa shape index (κ1) is 19.5. The topological polar surface area (TPSA) is 86.8 Å². The number of fused-ring (bicyclic) bond motifs is 1. The largest absolute Gasteiger partial charge is 0.354 e. The van der Waals surface area contributed by atoms with Gasteiger partial charge in [-0.25, -0.2) is 23.7 Å². The molecule has 152 valence electrons. The van der Waals surface area contributed by atoms with E-state index in [1.165, 1.54) is 11.1 Å². The molecule has 4 heterocycles. The van der Waals surface area contributed by atoms with E-state index in [-0.39, 0.29) is 30.5 Å². The number of carbonyl (C=O) groups is 1. The molecule has 2 atom stereocenters. The van der Waals surface area contributed by atoms with Crippen molar-refractivity contribution in [2.75, 3.05) is 18.0 Å². The summed E-state index contributed by atoms with van der Waals surface area (Å²) in [5.41, 5.74) is 1.17. The van der Waals surface area contributed by atoms with E-state index in [0.717, 1.165) is 12.6 Å². The third kappa shape index (κ3) is 3.74. The summed E-state index contributed by atoms with van der Waals surface area (Å²) in [6, 6.07) is 0.879. The van der Waals surface area contributed by atoms with Crippen LogP contribution in [0, 0.1) is 5.82 Å². The van der Waals surface area contributed by atoms with Crippen molar-refractivity contribution in [2.24, 2.45) is 0 Å². The molecular weight excluding hydrogens is 402 g/mol. The van der Waals surface area contributed by atoms with Crippen LogP contribution in [0.15, 0.2) is 24.7 Å². The Morgan fingerprint density at radius 1 is 1.41 bits per heavy atom. The van der Waals surface area contributed by atoms with Gasteiger partial charge in [-0.3, -0.25) is 4.79 Å². The number of amides is 1. The van der Waals surface area contributed by atoms with E-state index in [4.69, 9.17) is 11.6 Å². The molecule has 1 amide bonds. The number of anilines is 1. The molecule has 29 heavy (non-hydrogen) atoms. The summed E-state index contributed by atoms with van der Waals surface area (Å²) >= 11 is 6.04. The van der Waals surface area contributed by atoms with Crippen LogP contribution >= 0.6 is 11.6 Å². The second kappa shape index (κ2) is 7.90. The van der Waals surface area contributed by atoms with Gasteiger partial charge in [-0.15, -0.1) is 0 Å². The Morgan fingerprint density at radius 2 is 2.24 bits per heavy atom. The molecule has 1 aliphatic rings. The van der Waals surface area contributed by atoms with Crippen LogP contribution in [-0.2, 0) is 4.79 Å². The molecule has 0 aromatic carbocycles. The second-order valence-electron chi connectivity index (χ2n) is 6.91. The lowest BCUT2D eigenvalue weighted by molar-refractivity contribution is -0.122. The van der Waals surface area contributed by atoms with Crippen molar-refractivity contribution >= 4 is 34.4 Å². The summed E-state index contributed by atoms with van der Waals surface area (Å²) in [5, 5.41) is 3.86. The minimum absolute atomic E-state index is 0.0130. The van der Waals surface area contributed by atoms with Crippen molar-refractivity contribution in [1.82, 2.24) is 25.3 Å². The fraction of sp³-hybridized carbons (Fsp3) is 0.368. The molecule has 1 aliphatic heterocycles. The highest BCUT2D eigenvalue weighted by atomic mass is 35.5. The third-order valence-corrected chi connectivity index (χ3v) is 5.04. The zero-order valence-corrected chi connectivity index (χ0v) is 16.4. The third-order valence-electron chi connectivity index (χ3n) is 4.84. The lowest BCUT2D eigenvalue weighted by Crippen LogP contribution is -2.44. The molecule has 0 unspecified atom stereocenters. The molecule has 0 spiro atoms. The number of hydrogen-bond donors (Lipinski definition) is 2. The maximum atomic E-state index is 14.6. The van der Waals surface area contributed by atoms with E-state index < -0.39 is 18.0 Å². The van der Waals surface area contributed by atoms with Gasteiger partial charge < -0.3 is 15.2 Å². The van der Waals surface area contributed by atoms with Gasteiger partial charge in [0.1, 0.15) is 17.9 Å².